The van der Waals surface area contributed by atoms with Gasteiger partial charge in [-0.3, -0.25) is 0 Å². The Hall–Kier alpha value is 1.31. The van der Waals surface area contributed by atoms with Crippen LogP contribution in [0.15, 0.2) is 0 Å². The van der Waals surface area contributed by atoms with Crippen LogP contribution >= 0.6 is 0 Å². The summed E-state index contributed by atoms with van der Waals surface area (Å²) < 4.78 is 47.2. The first kappa shape index (κ1) is 16.7. The van der Waals surface area contributed by atoms with Crippen LogP contribution in [0, 0.1) is 0 Å². The van der Waals surface area contributed by atoms with Gasteiger partial charge < -0.3 is 9.11 Å². The van der Waals surface area contributed by atoms with Crippen molar-refractivity contribution < 1.29 is 55.1 Å². The van der Waals surface area contributed by atoms with E-state index in [0.29, 0.717) is 0 Å². The van der Waals surface area contributed by atoms with E-state index in [-0.39, 0.29) is 29.6 Å². The molecule has 0 fully saturated rings. The Morgan fingerprint density at radius 2 is 1.44 bits per heavy atom. The van der Waals surface area contributed by atoms with Gasteiger partial charge >= 0.3 is 56.3 Å². The average Bonchev–Trinajstić information content (AvgIpc) is 1.25. The topological polar surface area (TPSA) is 118 Å². The van der Waals surface area contributed by atoms with Crippen molar-refractivity contribution in [3.63, 3.8) is 0 Å². The third-order valence-electron chi connectivity index (χ3n) is 0. The second-order valence-corrected chi connectivity index (χ2v) is 1.85. The summed E-state index contributed by atoms with van der Waals surface area (Å²) >= 11 is -6.15. The van der Waals surface area contributed by atoms with Crippen LogP contribution in [-0.4, -0.2) is 36.2 Å². The smallest absolute Gasteiger partial charge is 1.00 e. The van der Waals surface area contributed by atoms with Gasteiger partial charge in [-0.2, -0.15) is 0 Å². The molecule has 0 aromatic heterocycles. The Morgan fingerprint density at radius 3 is 1.44 bits per heavy atom. The molecule has 9 heteroatoms. The molecule has 0 amide bonds. The van der Waals surface area contributed by atoms with Crippen molar-refractivity contribution in [2.24, 2.45) is 0 Å². The average molecular weight is 233 g/mol. The van der Waals surface area contributed by atoms with Gasteiger partial charge in [0.25, 0.3) is 0 Å². The molecule has 3 N–H and O–H groups in total. The van der Waals surface area contributed by atoms with E-state index in [9.17, 15) is 0 Å². The Balaban J connectivity index is -0.0000000720. The summed E-state index contributed by atoms with van der Waals surface area (Å²) in [5.74, 6) is 0. The van der Waals surface area contributed by atoms with Crippen LogP contribution in [0.2, 0.25) is 0 Å². The Kier molecular flexibility index (Phi) is 22.4. The molecule has 1 atom stereocenters. The van der Waals surface area contributed by atoms with Crippen LogP contribution in [0.25, 0.3) is 0 Å². The largest absolute Gasteiger partial charge is 1.00 e. The van der Waals surface area contributed by atoms with Crippen molar-refractivity contribution in [3.05, 3.63) is 0 Å². The summed E-state index contributed by atoms with van der Waals surface area (Å²) in [6, 6.07) is 0. The molecule has 0 saturated carbocycles. The molecule has 0 bridgehead atoms. The summed E-state index contributed by atoms with van der Waals surface area (Å²) in [5, 5.41) is 0. The molecule has 0 aromatic rings. The van der Waals surface area contributed by atoms with Gasteiger partial charge in [0, 0.05) is 0 Å². The molecule has 0 aliphatic heterocycles. The molecule has 0 aliphatic carbocycles. The number of hydrogen-bond acceptors (Lipinski definition) is 3. The van der Waals surface area contributed by atoms with Crippen molar-refractivity contribution in [1.82, 2.24) is 0 Å². The summed E-state index contributed by atoms with van der Waals surface area (Å²) in [4.78, 5) is 0. The van der Waals surface area contributed by atoms with E-state index < -0.39 is 25.9 Å². The molecule has 0 radical (unpaired) electrons. The zero-order chi connectivity index (χ0) is 7.15. The van der Waals surface area contributed by atoms with Gasteiger partial charge in [0.15, 0.2) is 0 Å². The molecule has 0 rings (SSSR count). The second-order valence-electron chi connectivity index (χ2n) is 0.448. The van der Waals surface area contributed by atoms with Crippen molar-refractivity contribution >= 4 is 25.9 Å². The van der Waals surface area contributed by atoms with E-state index >= 15 is 0 Å². The monoisotopic (exact) mass is 234 g/mol. The van der Waals surface area contributed by atoms with Crippen molar-refractivity contribution in [1.29, 1.82) is 0 Å². The Bertz CT molecular complexity index is 71.1. The minimum atomic E-state index is -3.29. The first-order valence-electron chi connectivity index (χ1n) is 1.05. The molecule has 0 spiro atoms. The van der Waals surface area contributed by atoms with Crippen LogP contribution in [0.4, 0.5) is 0 Å². The van der Waals surface area contributed by atoms with Crippen LogP contribution in [0.1, 0.15) is 0 Å². The predicted octanol–water partition coefficient (Wildman–Crippen LogP) is -5.27. The van der Waals surface area contributed by atoms with Crippen molar-refractivity contribution in [2.75, 3.05) is 0 Å². The quantitative estimate of drug-likeness (QED) is 0.284. The van der Waals surface area contributed by atoms with E-state index in [1.165, 1.54) is 0 Å². The van der Waals surface area contributed by atoms with E-state index in [0.717, 1.165) is 0 Å². The summed E-state index contributed by atoms with van der Waals surface area (Å²) in [5.41, 5.74) is 0. The van der Waals surface area contributed by atoms with Gasteiger partial charge in [0.2, 0.25) is 0 Å². The molecular formula is H3NaO6SSe. The molecule has 0 aromatic carbocycles. The van der Waals surface area contributed by atoms with Crippen LogP contribution in [0.5, 0.6) is 0 Å². The van der Waals surface area contributed by atoms with E-state index in [4.69, 9.17) is 25.5 Å². The van der Waals surface area contributed by atoms with Gasteiger partial charge in [-0.15, -0.1) is 0 Å². The normalized spacial score (nSPS) is 10.8. The van der Waals surface area contributed by atoms with E-state index in [1.54, 1.807) is 0 Å². The molecule has 1 unspecified atom stereocenters. The zero-order valence-electron chi connectivity index (χ0n) is 4.38. The maximum atomic E-state index is 8.76. The first-order chi connectivity index (χ1) is 3.46. The fraction of sp³-hybridized carbons (Fsp3) is 0. The molecule has 6 nitrogen and oxygen atoms in total. The van der Waals surface area contributed by atoms with Crippen LogP contribution in [-0.2, 0) is 15.2 Å². The standard InChI is InChI=1S/Na.H2O3S.H2O3Se/c;2*1-4(2)3/h;2*(H2,1,2,3)/q+1;;/p-1. The van der Waals surface area contributed by atoms with Gasteiger partial charge in [-0.1, -0.05) is 0 Å². The first-order valence-corrected chi connectivity index (χ1v) is 4.31. The van der Waals surface area contributed by atoms with Crippen molar-refractivity contribution in [3.8, 4) is 0 Å². The fourth-order valence-corrected chi connectivity index (χ4v) is 0. The third kappa shape index (κ3) is 290. The zero-order valence-corrected chi connectivity index (χ0v) is 8.91. The predicted molar refractivity (Wildman–Crippen MR) is 22.4 cm³/mol. The molecule has 0 aliphatic rings. The summed E-state index contributed by atoms with van der Waals surface area (Å²) in [6.07, 6.45) is 0. The summed E-state index contributed by atoms with van der Waals surface area (Å²) in [6.45, 7) is 0. The van der Waals surface area contributed by atoms with Crippen LogP contribution < -0.4 is 29.6 Å². The van der Waals surface area contributed by atoms with Crippen LogP contribution in [0.3, 0.4) is 0 Å². The van der Waals surface area contributed by atoms with Crippen molar-refractivity contribution in [2.45, 2.75) is 0 Å². The maximum absolute atomic E-state index is 8.76. The van der Waals surface area contributed by atoms with E-state index in [1.807, 2.05) is 0 Å². The molecule has 0 saturated heterocycles. The molecule has 0 heterocycles. The molecule has 9 heavy (non-hydrogen) atoms. The third-order valence-corrected chi connectivity index (χ3v) is 0. The SMILES string of the molecule is O=S([O-])O.O=[Se](O)O.[Na+]. The Labute approximate surface area is 80.4 Å². The minimum Gasteiger partial charge on any atom is 1.00 e. The molecule has 52 valence electrons. The van der Waals surface area contributed by atoms with Gasteiger partial charge in [0.1, 0.15) is 0 Å². The fourth-order valence-electron chi connectivity index (χ4n) is 0. The Morgan fingerprint density at radius 1 is 1.44 bits per heavy atom. The summed E-state index contributed by atoms with van der Waals surface area (Å²) in [7, 11) is 0. The van der Waals surface area contributed by atoms with Gasteiger partial charge in [-0.25, -0.2) is 4.21 Å². The van der Waals surface area contributed by atoms with Gasteiger partial charge in [0.05, 0.1) is 11.4 Å². The van der Waals surface area contributed by atoms with E-state index in [2.05, 4.69) is 0 Å². The number of hydrogen-bond donors (Lipinski definition) is 3. The van der Waals surface area contributed by atoms with Gasteiger partial charge in [-0.05, 0) is 0 Å². The minimum absolute atomic E-state index is 0. The maximum Gasteiger partial charge on any atom is 1.00 e. The molecular weight excluding hydrogens is 230 g/mol. The second kappa shape index (κ2) is 12.0. The number of rotatable bonds is 0.